The zero-order chi connectivity index (χ0) is 12.9. The molecule has 0 atom stereocenters. The van der Waals surface area contributed by atoms with E-state index in [4.69, 9.17) is 0 Å². The maximum absolute atomic E-state index is 3.74. The Morgan fingerprint density at radius 1 is 0.789 bits per heavy atom. The normalized spacial score (nSPS) is 28.4. The van der Waals surface area contributed by atoms with E-state index in [1.54, 1.807) is 0 Å². The molecule has 0 unspecified atom stereocenters. The van der Waals surface area contributed by atoms with Crippen molar-refractivity contribution in [2.45, 2.75) is 63.5 Å². The van der Waals surface area contributed by atoms with Gasteiger partial charge in [0.1, 0.15) is 0 Å². The van der Waals surface area contributed by atoms with Gasteiger partial charge in [-0.1, -0.05) is 25.7 Å². The van der Waals surface area contributed by atoms with Crippen LogP contribution in [0.1, 0.15) is 51.4 Å². The van der Waals surface area contributed by atoms with Gasteiger partial charge < -0.3 is 5.32 Å². The summed E-state index contributed by atoms with van der Waals surface area (Å²) in [7, 11) is 0. The lowest BCUT2D eigenvalue weighted by Gasteiger charge is -2.38. The lowest BCUT2D eigenvalue weighted by Crippen LogP contribution is -2.51. The molecule has 110 valence electrons. The SMILES string of the molecule is C1CCC(NCCN2CCN(C3CCCC3)CC2)C1. The van der Waals surface area contributed by atoms with Crippen molar-refractivity contribution in [3.8, 4) is 0 Å². The molecular weight excluding hydrogens is 234 g/mol. The third kappa shape index (κ3) is 3.93. The van der Waals surface area contributed by atoms with E-state index in [-0.39, 0.29) is 0 Å². The molecule has 2 aliphatic carbocycles. The first-order valence-corrected chi connectivity index (χ1v) is 8.61. The average Bonchev–Trinajstić information content (AvgIpc) is 3.13. The average molecular weight is 265 g/mol. The monoisotopic (exact) mass is 265 g/mol. The first kappa shape index (κ1) is 13.8. The predicted molar refractivity (Wildman–Crippen MR) is 80.5 cm³/mol. The quantitative estimate of drug-likeness (QED) is 0.821. The lowest BCUT2D eigenvalue weighted by atomic mass is 10.2. The number of rotatable bonds is 5. The molecule has 3 rings (SSSR count). The second kappa shape index (κ2) is 7.05. The van der Waals surface area contributed by atoms with Gasteiger partial charge in [-0.25, -0.2) is 0 Å². The van der Waals surface area contributed by atoms with Crippen molar-refractivity contribution in [3.05, 3.63) is 0 Å². The van der Waals surface area contributed by atoms with Crippen LogP contribution in [0.25, 0.3) is 0 Å². The number of piperazine rings is 1. The largest absolute Gasteiger partial charge is 0.313 e. The summed E-state index contributed by atoms with van der Waals surface area (Å²) in [4.78, 5) is 5.42. The number of hydrogen-bond donors (Lipinski definition) is 1. The Morgan fingerprint density at radius 2 is 1.42 bits per heavy atom. The van der Waals surface area contributed by atoms with E-state index in [1.807, 2.05) is 0 Å². The van der Waals surface area contributed by atoms with Gasteiger partial charge in [0.2, 0.25) is 0 Å². The van der Waals surface area contributed by atoms with E-state index in [2.05, 4.69) is 15.1 Å². The van der Waals surface area contributed by atoms with E-state index in [1.165, 1.54) is 90.6 Å². The molecule has 3 nitrogen and oxygen atoms in total. The van der Waals surface area contributed by atoms with Gasteiger partial charge >= 0.3 is 0 Å². The molecule has 1 N–H and O–H groups in total. The van der Waals surface area contributed by atoms with Gasteiger partial charge in [0.05, 0.1) is 0 Å². The minimum Gasteiger partial charge on any atom is -0.313 e. The van der Waals surface area contributed by atoms with Gasteiger partial charge in [0, 0.05) is 51.4 Å². The van der Waals surface area contributed by atoms with Crippen molar-refractivity contribution < 1.29 is 0 Å². The Bertz CT molecular complexity index is 246. The van der Waals surface area contributed by atoms with Crippen LogP contribution in [0.15, 0.2) is 0 Å². The minimum atomic E-state index is 0.833. The van der Waals surface area contributed by atoms with Crippen LogP contribution in [0.4, 0.5) is 0 Å². The fraction of sp³-hybridized carbons (Fsp3) is 1.00. The number of nitrogens with zero attached hydrogens (tertiary/aromatic N) is 2. The van der Waals surface area contributed by atoms with Crippen molar-refractivity contribution in [1.29, 1.82) is 0 Å². The zero-order valence-electron chi connectivity index (χ0n) is 12.4. The summed E-state index contributed by atoms with van der Waals surface area (Å²) in [6, 6.07) is 1.76. The molecule has 3 fully saturated rings. The van der Waals surface area contributed by atoms with E-state index >= 15 is 0 Å². The highest BCUT2D eigenvalue weighted by Gasteiger charge is 2.25. The van der Waals surface area contributed by atoms with Crippen molar-refractivity contribution in [2.24, 2.45) is 0 Å². The molecular formula is C16H31N3. The zero-order valence-corrected chi connectivity index (χ0v) is 12.4. The standard InChI is InChI=1S/C16H31N3/c1-2-6-15(5-1)17-9-10-18-11-13-19(14-12-18)16-7-3-4-8-16/h15-17H,1-14H2. The van der Waals surface area contributed by atoms with Gasteiger partial charge in [-0.3, -0.25) is 9.80 Å². The maximum atomic E-state index is 3.74. The van der Waals surface area contributed by atoms with E-state index < -0.39 is 0 Å². The van der Waals surface area contributed by atoms with Crippen molar-refractivity contribution >= 4 is 0 Å². The van der Waals surface area contributed by atoms with Gasteiger partial charge in [-0.2, -0.15) is 0 Å². The van der Waals surface area contributed by atoms with E-state index in [9.17, 15) is 0 Å². The Morgan fingerprint density at radius 3 is 2.11 bits per heavy atom. The Labute approximate surface area is 118 Å². The predicted octanol–water partition coefficient (Wildman–Crippen LogP) is 2.08. The summed E-state index contributed by atoms with van der Waals surface area (Å²) in [5, 5.41) is 3.74. The highest BCUT2D eigenvalue weighted by atomic mass is 15.3. The molecule has 0 radical (unpaired) electrons. The smallest absolute Gasteiger partial charge is 0.0113 e. The molecule has 0 amide bonds. The Kier molecular flexibility index (Phi) is 5.14. The fourth-order valence-corrected chi connectivity index (χ4v) is 4.18. The second-order valence-electron chi connectivity index (χ2n) is 6.75. The third-order valence-corrected chi connectivity index (χ3v) is 5.46. The van der Waals surface area contributed by atoms with Crippen molar-refractivity contribution in [2.75, 3.05) is 39.3 Å². The summed E-state index contributed by atoms with van der Waals surface area (Å²) in [5.74, 6) is 0. The highest BCUT2D eigenvalue weighted by Crippen LogP contribution is 2.24. The van der Waals surface area contributed by atoms with Crippen LogP contribution in [-0.4, -0.2) is 61.2 Å². The maximum Gasteiger partial charge on any atom is 0.0113 e. The summed E-state index contributed by atoms with van der Waals surface area (Å²) in [6.07, 6.45) is 11.6. The summed E-state index contributed by atoms with van der Waals surface area (Å²) < 4.78 is 0. The van der Waals surface area contributed by atoms with Crippen molar-refractivity contribution in [3.63, 3.8) is 0 Å². The van der Waals surface area contributed by atoms with Crippen LogP contribution < -0.4 is 5.32 Å². The van der Waals surface area contributed by atoms with Crippen molar-refractivity contribution in [1.82, 2.24) is 15.1 Å². The van der Waals surface area contributed by atoms with Gasteiger partial charge in [0.15, 0.2) is 0 Å². The number of nitrogens with one attached hydrogen (secondary N) is 1. The first-order chi connectivity index (χ1) is 9.42. The minimum absolute atomic E-state index is 0.833. The molecule has 19 heavy (non-hydrogen) atoms. The van der Waals surface area contributed by atoms with Gasteiger partial charge in [-0.15, -0.1) is 0 Å². The molecule has 1 heterocycles. The topological polar surface area (TPSA) is 18.5 Å². The highest BCUT2D eigenvalue weighted by molar-refractivity contribution is 4.82. The molecule has 3 aliphatic rings. The molecule has 0 spiro atoms. The Balaban J connectivity index is 1.29. The van der Waals surface area contributed by atoms with Gasteiger partial charge in [-0.05, 0) is 25.7 Å². The molecule has 1 aliphatic heterocycles. The van der Waals surface area contributed by atoms with E-state index in [0.717, 1.165) is 12.1 Å². The molecule has 0 bridgehead atoms. The summed E-state index contributed by atoms with van der Waals surface area (Å²) in [5.41, 5.74) is 0. The summed E-state index contributed by atoms with van der Waals surface area (Å²) >= 11 is 0. The molecule has 0 aromatic rings. The van der Waals surface area contributed by atoms with Crippen LogP contribution in [0.3, 0.4) is 0 Å². The van der Waals surface area contributed by atoms with Crippen LogP contribution >= 0.6 is 0 Å². The summed E-state index contributed by atoms with van der Waals surface area (Å²) in [6.45, 7) is 7.68. The van der Waals surface area contributed by atoms with Crippen LogP contribution in [0.2, 0.25) is 0 Å². The second-order valence-corrected chi connectivity index (χ2v) is 6.75. The van der Waals surface area contributed by atoms with Gasteiger partial charge in [0.25, 0.3) is 0 Å². The molecule has 0 aromatic heterocycles. The molecule has 1 saturated heterocycles. The number of hydrogen-bond acceptors (Lipinski definition) is 3. The fourth-order valence-electron chi connectivity index (χ4n) is 4.18. The van der Waals surface area contributed by atoms with Crippen LogP contribution in [0.5, 0.6) is 0 Å². The molecule has 3 heteroatoms. The van der Waals surface area contributed by atoms with Crippen LogP contribution in [-0.2, 0) is 0 Å². The lowest BCUT2D eigenvalue weighted by molar-refractivity contribution is 0.0979. The third-order valence-electron chi connectivity index (χ3n) is 5.46. The first-order valence-electron chi connectivity index (χ1n) is 8.61. The molecule has 2 saturated carbocycles. The Hall–Kier alpha value is -0.120. The van der Waals surface area contributed by atoms with E-state index in [0.29, 0.717) is 0 Å². The molecule has 0 aromatic carbocycles. The van der Waals surface area contributed by atoms with Crippen LogP contribution in [0, 0.1) is 0 Å².